The Bertz CT molecular complexity index is 1050. The van der Waals surface area contributed by atoms with Crippen LogP contribution in [0, 0.1) is 17.8 Å². The second kappa shape index (κ2) is 9.56. The fourth-order valence-electron chi connectivity index (χ4n) is 7.51. The van der Waals surface area contributed by atoms with Crippen molar-refractivity contribution in [3.8, 4) is 5.75 Å². The normalized spacial score (nSPS) is 29.8. The van der Waals surface area contributed by atoms with E-state index in [2.05, 4.69) is 95.6 Å². The van der Waals surface area contributed by atoms with E-state index in [1.54, 1.807) is 7.11 Å². The zero-order chi connectivity index (χ0) is 22.9. The van der Waals surface area contributed by atoms with Gasteiger partial charge in [0.15, 0.2) is 0 Å². The lowest BCUT2D eigenvalue weighted by Crippen LogP contribution is -2.63. The summed E-state index contributed by atoms with van der Waals surface area (Å²) in [6.45, 7) is 0.837. The van der Waals surface area contributed by atoms with Crippen LogP contribution >= 0.6 is 0 Å². The molecule has 2 aliphatic carbocycles. The third-order valence-electron chi connectivity index (χ3n) is 8.83. The number of ether oxygens (including phenoxy) is 1. The molecular weight excluding hydrogens is 416 g/mol. The van der Waals surface area contributed by atoms with Gasteiger partial charge < -0.3 is 15.4 Å². The maximum atomic E-state index is 5.68. The summed E-state index contributed by atoms with van der Waals surface area (Å²) >= 11 is 0. The van der Waals surface area contributed by atoms with Gasteiger partial charge in [-0.1, -0.05) is 91.7 Å². The van der Waals surface area contributed by atoms with Gasteiger partial charge in [0.2, 0.25) is 0 Å². The second-order valence-electron chi connectivity index (χ2n) is 10.5. The lowest BCUT2D eigenvalue weighted by Gasteiger charge is -2.49. The zero-order valence-corrected chi connectivity index (χ0v) is 20.1. The molecule has 3 aromatic rings. The minimum absolute atomic E-state index is 0.321. The van der Waals surface area contributed by atoms with Gasteiger partial charge in [0.05, 0.1) is 7.11 Å². The van der Waals surface area contributed by atoms with Crippen LogP contribution in [0.3, 0.4) is 0 Å². The van der Waals surface area contributed by atoms with Gasteiger partial charge in [0.25, 0.3) is 0 Å². The van der Waals surface area contributed by atoms with E-state index >= 15 is 0 Å². The monoisotopic (exact) mass is 452 g/mol. The highest BCUT2D eigenvalue weighted by molar-refractivity contribution is 5.37. The summed E-state index contributed by atoms with van der Waals surface area (Å²) in [5.74, 6) is 3.68. The first kappa shape index (κ1) is 21.9. The first-order valence-corrected chi connectivity index (χ1v) is 13.0. The van der Waals surface area contributed by atoms with E-state index in [1.807, 2.05) is 0 Å². The fourth-order valence-corrected chi connectivity index (χ4v) is 7.51. The molecule has 6 atom stereocenters. The summed E-state index contributed by atoms with van der Waals surface area (Å²) in [5.41, 5.74) is 4.05. The van der Waals surface area contributed by atoms with Crippen LogP contribution in [0.5, 0.6) is 5.75 Å². The molecule has 2 N–H and O–H groups in total. The van der Waals surface area contributed by atoms with Crippen molar-refractivity contribution in [2.24, 2.45) is 17.8 Å². The van der Waals surface area contributed by atoms with Gasteiger partial charge in [-0.2, -0.15) is 0 Å². The standard InChI is InChI=1S/C31H36N2O/c1-34-27-18-9-8-15-24(27)20-32-30-29-23-16-10-17-25(29)26(19-23)33-31(30)28(21-11-4-2-5-12-21)22-13-6-3-7-14-22/h2-9,11-15,18,23,25-26,28-33H,10,16-17,19-20H2,1H3. The predicted octanol–water partition coefficient (Wildman–Crippen LogP) is 5.76. The molecule has 176 valence electrons. The van der Waals surface area contributed by atoms with Gasteiger partial charge in [0.1, 0.15) is 5.75 Å². The number of para-hydroxylation sites is 1. The smallest absolute Gasteiger partial charge is 0.123 e. The molecule has 4 bridgehead atoms. The Balaban J connectivity index is 1.38. The van der Waals surface area contributed by atoms with Crippen LogP contribution < -0.4 is 15.4 Å². The number of rotatable bonds is 7. The highest BCUT2D eigenvalue weighted by atomic mass is 16.5. The number of hydrogen-bond donors (Lipinski definition) is 2. The summed E-state index contributed by atoms with van der Waals surface area (Å²) < 4.78 is 5.68. The Labute approximate surface area is 203 Å². The lowest BCUT2D eigenvalue weighted by atomic mass is 9.66. The average molecular weight is 453 g/mol. The quantitative estimate of drug-likeness (QED) is 0.478. The van der Waals surface area contributed by atoms with Crippen molar-refractivity contribution in [3.05, 3.63) is 102 Å². The lowest BCUT2D eigenvalue weighted by molar-refractivity contribution is 0.0919. The Morgan fingerprint density at radius 2 is 1.56 bits per heavy atom. The van der Waals surface area contributed by atoms with Gasteiger partial charge in [0, 0.05) is 36.2 Å². The number of benzene rings is 3. The molecule has 3 aromatic carbocycles. The molecule has 1 aliphatic heterocycles. The minimum Gasteiger partial charge on any atom is -0.496 e. The van der Waals surface area contributed by atoms with E-state index in [4.69, 9.17) is 4.74 Å². The second-order valence-corrected chi connectivity index (χ2v) is 10.5. The topological polar surface area (TPSA) is 33.3 Å². The van der Waals surface area contributed by atoms with Crippen molar-refractivity contribution >= 4 is 0 Å². The highest BCUT2D eigenvalue weighted by Gasteiger charge is 2.55. The van der Waals surface area contributed by atoms with E-state index in [9.17, 15) is 0 Å². The number of hydrogen-bond acceptors (Lipinski definition) is 3. The Kier molecular flexibility index (Phi) is 6.15. The summed E-state index contributed by atoms with van der Waals surface area (Å²) in [4.78, 5) is 0. The third-order valence-corrected chi connectivity index (χ3v) is 8.83. The predicted molar refractivity (Wildman–Crippen MR) is 138 cm³/mol. The van der Waals surface area contributed by atoms with Crippen molar-refractivity contribution in [2.45, 2.75) is 56.3 Å². The van der Waals surface area contributed by atoms with Crippen LogP contribution in [-0.4, -0.2) is 25.2 Å². The van der Waals surface area contributed by atoms with Crippen molar-refractivity contribution in [3.63, 3.8) is 0 Å². The highest BCUT2D eigenvalue weighted by Crippen LogP contribution is 2.53. The molecule has 6 unspecified atom stereocenters. The van der Waals surface area contributed by atoms with Gasteiger partial charge in [-0.3, -0.25) is 0 Å². The maximum absolute atomic E-state index is 5.68. The summed E-state index contributed by atoms with van der Waals surface area (Å²) in [6, 6.07) is 32.1. The van der Waals surface area contributed by atoms with Gasteiger partial charge in [-0.05, 0) is 47.8 Å². The number of nitrogens with one attached hydrogen (secondary N) is 2. The Hall–Kier alpha value is -2.62. The van der Waals surface area contributed by atoms with E-state index < -0.39 is 0 Å². The average Bonchev–Trinajstić information content (AvgIpc) is 3.02. The van der Waals surface area contributed by atoms with Crippen molar-refractivity contribution in [2.75, 3.05) is 7.11 Å². The minimum atomic E-state index is 0.321. The maximum Gasteiger partial charge on any atom is 0.123 e. The zero-order valence-electron chi connectivity index (χ0n) is 20.1. The molecule has 3 fully saturated rings. The molecule has 1 heterocycles. The molecule has 3 heteroatoms. The molecule has 3 aliphatic rings. The summed E-state index contributed by atoms with van der Waals surface area (Å²) in [5, 5.41) is 8.33. The van der Waals surface area contributed by atoms with Crippen molar-refractivity contribution < 1.29 is 4.74 Å². The van der Waals surface area contributed by atoms with Gasteiger partial charge in [-0.25, -0.2) is 0 Å². The number of piperidine rings is 1. The van der Waals surface area contributed by atoms with Crippen LogP contribution in [0.1, 0.15) is 48.3 Å². The van der Waals surface area contributed by atoms with E-state index in [1.165, 1.54) is 42.4 Å². The first-order chi connectivity index (χ1) is 16.8. The molecule has 0 radical (unpaired) electrons. The molecule has 1 saturated heterocycles. The van der Waals surface area contributed by atoms with Crippen LogP contribution in [0.4, 0.5) is 0 Å². The third kappa shape index (κ3) is 3.95. The van der Waals surface area contributed by atoms with Gasteiger partial charge in [-0.15, -0.1) is 0 Å². The van der Waals surface area contributed by atoms with Crippen molar-refractivity contribution in [1.82, 2.24) is 10.6 Å². The Morgan fingerprint density at radius 1 is 0.882 bits per heavy atom. The molecule has 3 nitrogen and oxygen atoms in total. The molecule has 0 aromatic heterocycles. The fraction of sp³-hybridized carbons (Fsp3) is 0.419. The van der Waals surface area contributed by atoms with E-state index in [-0.39, 0.29) is 0 Å². The van der Waals surface area contributed by atoms with Crippen molar-refractivity contribution in [1.29, 1.82) is 0 Å². The SMILES string of the molecule is COc1ccccc1CNC1C(C(c2ccccc2)c2ccccc2)NC2CC3CCCC2C31. The summed E-state index contributed by atoms with van der Waals surface area (Å²) in [6.07, 6.45) is 5.50. The Morgan fingerprint density at radius 3 is 2.26 bits per heavy atom. The largest absolute Gasteiger partial charge is 0.496 e. The van der Waals surface area contributed by atoms with Crippen LogP contribution in [0.15, 0.2) is 84.9 Å². The van der Waals surface area contributed by atoms with E-state index in [0.29, 0.717) is 24.0 Å². The summed E-state index contributed by atoms with van der Waals surface area (Å²) in [7, 11) is 1.77. The van der Waals surface area contributed by atoms with Gasteiger partial charge >= 0.3 is 0 Å². The van der Waals surface area contributed by atoms with E-state index in [0.717, 1.165) is 30.0 Å². The molecule has 6 rings (SSSR count). The first-order valence-electron chi connectivity index (χ1n) is 13.0. The molecule has 34 heavy (non-hydrogen) atoms. The van der Waals surface area contributed by atoms with Crippen LogP contribution in [-0.2, 0) is 6.54 Å². The molecule has 2 saturated carbocycles. The molecular formula is C31H36N2O. The number of methoxy groups -OCH3 is 1. The van der Waals surface area contributed by atoms with Crippen LogP contribution in [0.2, 0.25) is 0 Å². The molecule has 0 amide bonds. The van der Waals surface area contributed by atoms with Crippen LogP contribution in [0.25, 0.3) is 0 Å². The molecule has 0 spiro atoms.